The summed E-state index contributed by atoms with van der Waals surface area (Å²) in [5.41, 5.74) is 7.81. The summed E-state index contributed by atoms with van der Waals surface area (Å²) in [6.07, 6.45) is 8.50. The molecule has 172 valence electrons. The van der Waals surface area contributed by atoms with E-state index in [9.17, 15) is 9.59 Å². The minimum Gasteiger partial charge on any atom is -0.350 e. The molecule has 3 N–H and O–H groups in total. The lowest BCUT2D eigenvalue weighted by Gasteiger charge is -2.60. The molecule has 4 atom stereocenters. The predicted octanol–water partition coefficient (Wildman–Crippen LogP) is 3.09. The van der Waals surface area contributed by atoms with Crippen LogP contribution < -0.4 is 11.1 Å². The number of nitrogens with one attached hydrogen (secondary N) is 1. The predicted molar refractivity (Wildman–Crippen MR) is 123 cm³/mol. The fourth-order valence-corrected chi connectivity index (χ4v) is 6.48. The van der Waals surface area contributed by atoms with Crippen molar-refractivity contribution in [3.63, 3.8) is 0 Å². The average Bonchev–Trinajstić information content (AvgIpc) is 3.26. The van der Waals surface area contributed by atoms with Crippen LogP contribution in [-0.2, 0) is 0 Å². The van der Waals surface area contributed by atoms with Gasteiger partial charge in [-0.1, -0.05) is 19.9 Å². The Kier molecular flexibility index (Phi) is 5.48. The number of rotatable bonds is 5. The fraction of sp³-hybridized carbons (Fsp3) is 0.640. The van der Waals surface area contributed by atoms with E-state index >= 15 is 0 Å². The van der Waals surface area contributed by atoms with Gasteiger partial charge < -0.3 is 16.0 Å². The molecule has 6 rings (SSSR count). The number of hydrogen-bond acceptors (Lipinski definition) is 4. The van der Waals surface area contributed by atoms with Crippen molar-refractivity contribution < 1.29 is 9.59 Å². The monoisotopic (exact) mass is 437 g/mol. The van der Waals surface area contributed by atoms with Gasteiger partial charge in [-0.15, -0.1) is 0 Å². The van der Waals surface area contributed by atoms with E-state index in [1.165, 1.54) is 19.3 Å². The summed E-state index contributed by atoms with van der Waals surface area (Å²) in [6.45, 7) is 6.64. The number of carbonyl (C=O) groups is 2. The Labute approximate surface area is 189 Å². The third-order valence-electron chi connectivity index (χ3n) is 8.63. The number of carbonyl (C=O) groups excluding carboxylic acids is 2. The molecule has 0 spiro atoms. The lowest BCUT2D eigenvalue weighted by molar-refractivity contribution is -0.103. The van der Waals surface area contributed by atoms with Crippen LogP contribution in [0.25, 0.3) is 5.65 Å². The quantitative estimate of drug-likeness (QED) is 0.752. The smallest absolute Gasteiger partial charge is 0.274 e. The number of imidazole rings is 1. The second-order valence-electron chi connectivity index (χ2n) is 10.6. The van der Waals surface area contributed by atoms with Gasteiger partial charge in [0.05, 0.1) is 0 Å². The van der Waals surface area contributed by atoms with Gasteiger partial charge in [-0.3, -0.25) is 14.0 Å². The SMILES string of the molecule is CC1(C)[C@H]2CC[C@@H](CNC(=O)c3cccc4nc(C(=O)N5CCCCC5CN)cn34)[C@@H]1C2. The summed E-state index contributed by atoms with van der Waals surface area (Å²) in [5.74, 6) is 1.90. The van der Waals surface area contributed by atoms with Crippen LogP contribution >= 0.6 is 0 Å². The topological polar surface area (TPSA) is 92.7 Å². The molecule has 2 aromatic heterocycles. The Morgan fingerprint density at radius 2 is 2.06 bits per heavy atom. The molecule has 4 fully saturated rings. The van der Waals surface area contributed by atoms with E-state index in [2.05, 4.69) is 24.1 Å². The second kappa shape index (κ2) is 8.18. The van der Waals surface area contributed by atoms with Crippen LogP contribution in [0.5, 0.6) is 0 Å². The maximum absolute atomic E-state index is 13.1. The van der Waals surface area contributed by atoms with Gasteiger partial charge in [-0.2, -0.15) is 0 Å². The van der Waals surface area contributed by atoms with Crippen LogP contribution in [0.1, 0.15) is 73.3 Å². The van der Waals surface area contributed by atoms with E-state index in [1.54, 1.807) is 16.7 Å². The highest BCUT2D eigenvalue weighted by molar-refractivity contribution is 5.95. The van der Waals surface area contributed by atoms with Crippen LogP contribution in [0.2, 0.25) is 0 Å². The first-order chi connectivity index (χ1) is 15.4. The van der Waals surface area contributed by atoms with Crippen LogP contribution in [0.15, 0.2) is 24.4 Å². The second-order valence-corrected chi connectivity index (χ2v) is 10.6. The zero-order chi connectivity index (χ0) is 22.5. The highest BCUT2D eigenvalue weighted by Gasteiger charge is 2.53. The van der Waals surface area contributed by atoms with Crippen molar-refractivity contribution in [1.29, 1.82) is 0 Å². The summed E-state index contributed by atoms with van der Waals surface area (Å²) >= 11 is 0. The molecule has 7 nitrogen and oxygen atoms in total. The van der Waals surface area contributed by atoms with Crippen LogP contribution in [-0.4, -0.2) is 51.8 Å². The highest BCUT2D eigenvalue weighted by atomic mass is 16.2. The fourth-order valence-electron chi connectivity index (χ4n) is 6.48. The van der Waals surface area contributed by atoms with Crippen LogP contribution in [0.4, 0.5) is 0 Å². The Morgan fingerprint density at radius 3 is 2.81 bits per heavy atom. The molecule has 3 aliphatic carbocycles. The van der Waals surface area contributed by atoms with Crippen molar-refractivity contribution in [2.24, 2.45) is 28.9 Å². The van der Waals surface area contributed by atoms with Crippen molar-refractivity contribution in [2.45, 2.75) is 58.4 Å². The first-order valence-electron chi connectivity index (χ1n) is 12.2. The zero-order valence-corrected chi connectivity index (χ0v) is 19.2. The molecule has 7 heteroatoms. The van der Waals surface area contributed by atoms with Crippen LogP contribution in [0, 0.1) is 23.2 Å². The number of aromatic nitrogens is 2. The molecule has 4 aliphatic rings. The summed E-state index contributed by atoms with van der Waals surface area (Å²) in [4.78, 5) is 32.6. The van der Waals surface area contributed by atoms with Gasteiger partial charge in [-0.05, 0) is 73.8 Å². The number of likely N-dealkylation sites (tertiary alicyclic amines) is 1. The van der Waals surface area contributed by atoms with Gasteiger partial charge in [0.15, 0.2) is 0 Å². The number of nitrogens with two attached hydrogens (primary N) is 1. The van der Waals surface area contributed by atoms with Crippen LogP contribution in [0.3, 0.4) is 0 Å². The standard InChI is InChI=1S/C25H35N5O2/c1-25(2)17-10-9-16(19(25)12-17)14-27-23(31)21-7-5-8-22-28-20(15-30(21)22)24(32)29-11-4-3-6-18(29)13-26/h5,7-8,15-19H,3-4,6,9-14,26H2,1-2H3,(H,27,31)/t16-,17-,18?,19-/m0/s1. The van der Waals surface area contributed by atoms with E-state index in [0.717, 1.165) is 25.2 Å². The molecule has 1 unspecified atom stereocenters. The largest absolute Gasteiger partial charge is 0.350 e. The molecule has 32 heavy (non-hydrogen) atoms. The van der Waals surface area contributed by atoms with Gasteiger partial charge in [-0.25, -0.2) is 4.98 Å². The maximum Gasteiger partial charge on any atom is 0.274 e. The van der Waals surface area contributed by atoms with E-state index in [4.69, 9.17) is 5.73 Å². The minimum absolute atomic E-state index is 0.0645. The first-order valence-corrected chi connectivity index (χ1v) is 12.2. The summed E-state index contributed by atoms with van der Waals surface area (Å²) in [7, 11) is 0. The Hall–Kier alpha value is -2.41. The van der Waals surface area contributed by atoms with E-state index in [1.807, 2.05) is 17.0 Å². The normalized spacial score (nSPS) is 28.9. The van der Waals surface area contributed by atoms with Crippen molar-refractivity contribution in [3.05, 3.63) is 35.8 Å². The average molecular weight is 438 g/mol. The maximum atomic E-state index is 13.1. The number of amides is 2. The van der Waals surface area contributed by atoms with Gasteiger partial charge in [0.25, 0.3) is 11.8 Å². The van der Waals surface area contributed by atoms with Gasteiger partial charge >= 0.3 is 0 Å². The van der Waals surface area contributed by atoms with E-state index in [0.29, 0.717) is 53.9 Å². The molecule has 0 radical (unpaired) electrons. The molecule has 2 bridgehead atoms. The first kappa shape index (κ1) is 21.4. The number of piperidine rings is 1. The molecule has 3 heterocycles. The molecule has 3 saturated carbocycles. The third kappa shape index (κ3) is 3.51. The van der Waals surface area contributed by atoms with Gasteiger partial charge in [0.2, 0.25) is 0 Å². The van der Waals surface area contributed by atoms with E-state index < -0.39 is 0 Å². The van der Waals surface area contributed by atoms with Crippen molar-refractivity contribution >= 4 is 17.5 Å². The summed E-state index contributed by atoms with van der Waals surface area (Å²) in [6, 6.07) is 5.53. The molecular formula is C25H35N5O2. The minimum atomic E-state index is -0.107. The molecule has 1 aliphatic heterocycles. The molecule has 1 saturated heterocycles. The Balaban J connectivity index is 1.32. The van der Waals surface area contributed by atoms with Crippen molar-refractivity contribution in [2.75, 3.05) is 19.6 Å². The van der Waals surface area contributed by atoms with Gasteiger partial charge in [0.1, 0.15) is 17.0 Å². The Morgan fingerprint density at radius 1 is 1.22 bits per heavy atom. The highest BCUT2D eigenvalue weighted by Crippen LogP contribution is 2.61. The summed E-state index contributed by atoms with van der Waals surface area (Å²) < 4.78 is 1.74. The Bertz CT molecular complexity index is 1030. The number of hydrogen-bond donors (Lipinski definition) is 2. The van der Waals surface area contributed by atoms with Crippen molar-refractivity contribution in [3.8, 4) is 0 Å². The zero-order valence-electron chi connectivity index (χ0n) is 19.2. The molecule has 0 aromatic carbocycles. The number of nitrogens with zero attached hydrogens (tertiary/aromatic N) is 3. The third-order valence-corrected chi connectivity index (χ3v) is 8.63. The molecule has 2 amide bonds. The van der Waals surface area contributed by atoms with Gasteiger partial charge in [0, 0.05) is 31.9 Å². The van der Waals surface area contributed by atoms with E-state index in [-0.39, 0.29) is 17.9 Å². The van der Waals surface area contributed by atoms with Crippen molar-refractivity contribution in [1.82, 2.24) is 19.6 Å². The number of pyridine rings is 1. The molecule has 2 aromatic rings. The number of fused-ring (bicyclic) bond motifs is 3. The lowest BCUT2D eigenvalue weighted by Crippen LogP contribution is -2.54. The lowest BCUT2D eigenvalue weighted by atomic mass is 9.45. The summed E-state index contributed by atoms with van der Waals surface area (Å²) in [5, 5.41) is 3.17. The molecular weight excluding hydrogens is 402 g/mol.